The van der Waals surface area contributed by atoms with E-state index in [1.54, 1.807) is 12.1 Å². The Bertz CT molecular complexity index is 205. The van der Waals surface area contributed by atoms with Crippen LogP contribution < -0.4 is 0 Å². The Morgan fingerprint density at radius 1 is 1.80 bits per heavy atom. The fourth-order valence-corrected chi connectivity index (χ4v) is 0.798. The van der Waals surface area contributed by atoms with Crippen LogP contribution in [0.3, 0.4) is 0 Å². The standard InChI is InChI=1S/C6H5IO3/c7-4-10-6(8)5-2-1-3-9-5/h1-3H,4H2. The number of alkyl halides is 1. The van der Waals surface area contributed by atoms with Gasteiger partial charge in [-0.25, -0.2) is 4.79 Å². The SMILES string of the molecule is O=C(OCI)c1ccco1. The Morgan fingerprint density at radius 2 is 2.60 bits per heavy atom. The molecule has 0 atom stereocenters. The van der Waals surface area contributed by atoms with Gasteiger partial charge in [0.1, 0.15) is 4.61 Å². The van der Waals surface area contributed by atoms with Gasteiger partial charge in [0, 0.05) is 0 Å². The summed E-state index contributed by atoms with van der Waals surface area (Å²) in [7, 11) is 0. The number of furan rings is 1. The highest BCUT2D eigenvalue weighted by Gasteiger charge is 2.07. The summed E-state index contributed by atoms with van der Waals surface area (Å²) in [6, 6.07) is 3.21. The molecular weight excluding hydrogens is 247 g/mol. The topological polar surface area (TPSA) is 39.4 Å². The highest BCUT2D eigenvalue weighted by Crippen LogP contribution is 2.02. The lowest BCUT2D eigenvalue weighted by Crippen LogP contribution is -2.00. The van der Waals surface area contributed by atoms with E-state index in [9.17, 15) is 4.79 Å². The predicted molar refractivity (Wildman–Crippen MR) is 43.0 cm³/mol. The van der Waals surface area contributed by atoms with Crippen molar-refractivity contribution in [3.05, 3.63) is 24.2 Å². The number of esters is 1. The first-order valence-electron chi connectivity index (χ1n) is 2.61. The number of hydrogen-bond donors (Lipinski definition) is 0. The molecular formula is C6H5IO3. The van der Waals surface area contributed by atoms with Crippen LogP contribution in [0.2, 0.25) is 0 Å². The molecule has 0 radical (unpaired) electrons. The van der Waals surface area contributed by atoms with Crippen LogP contribution in [0.4, 0.5) is 0 Å². The molecule has 0 aliphatic heterocycles. The molecule has 0 aromatic carbocycles. The average molecular weight is 252 g/mol. The van der Waals surface area contributed by atoms with Gasteiger partial charge < -0.3 is 9.15 Å². The van der Waals surface area contributed by atoms with E-state index < -0.39 is 5.97 Å². The molecule has 0 fully saturated rings. The van der Waals surface area contributed by atoms with Crippen LogP contribution in [-0.2, 0) is 4.74 Å². The van der Waals surface area contributed by atoms with Crippen molar-refractivity contribution in [1.82, 2.24) is 0 Å². The second-order valence-electron chi connectivity index (χ2n) is 1.52. The van der Waals surface area contributed by atoms with Crippen molar-refractivity contribution in [2.24, 2.45) is 0 Å². The summed E-state index contributed by atoms with van der Waals surface area (Å²) in [5.74, 6) is -0.170. The molecule has 0 N–H and O–H groups in total. The minimum Gasteiger partial charge on any atom is -0.457 e. The minimum absolute atomic E-state index is 0.247. The summed E-state index contributed by atoms with van der Waals surface area (Å²) in [4.78, 5) is 10.8. The van der Waals surface area contributed by atoms with E-state index in [-0.39, 0.29) is 5.76 Å². The number of rotatable bonds is 2. The van der Waals surface area contributed by atoms with Gasteiger partial charge in [-0.1, -0.05) is 0 Å². The second-order valence-corrected chi connectivity index (χ2v) is 2.14. The monoisotopic (exact) mass is 252 g/mol. The Balaban J connectivity index is 2.59. The van der Waals surface area contributed by atoms with E-state index in [0.717, 1.165) is 0 Å². The number of hydrogen-bond acceptors (Lipinski definition) is 3. The molecule has 0 aliphatic rings. The van der Waals surface area contributed by atoms with Crippen molar-refractivity contribution >= 4 is 28.6 Å². The molecule has 0 saturated carbocycles. The molecule has 0 spiro atoms. The maximum atomic E-state index is 10.8. The molecule has 0 aliphatic carbocycles. The van der Waals surface area contributed by atoms with E-state index in [1.165, 1.54) is 6.26 Å². The third-order valence-corrected chi connectivity index (χ3v) is 1.22. The van der Waals surface area contributed by atoms with Crippen molar-refractivity contribution in [3.8, 4) is 0 Å². The van der Waals surface area contributed by atoms with Crippen LogP contribution in [0.15, 0.2) is 22.8 Å². The van der Waals surface area contributed by atoms with Gasteiger partial charge in [-0.15, -0.1) is 0 Å². The van der Waals surface area contributed by atoms with Crippen molar-refractivity contribution in [2.45, 2.75) is 0 Å². The van der Waals surface area contributed by atoms with Gasteiger partial charge in [0.2, 0.25) is 5.76 Å². The van der Waals surface area contributed by atoms with Crippen LogP contribution in [0.5, 0.6) is 0 Å². The Kier molecular flexibility index (Phi) is 2.73. The number of halogens is 1. The minimum atomic E-state index is -0.417. The van der Waals surface area contributed by atoms with Crippen molar-refractivity contribution < 1.29 is 13.9 Å². The van der Waals surface area contributed by atoms with E-state index in [1.807, 2.05) is 22.6 Å². The zero-order chi connectivity index (χ0) is 7.40. The predicted octanol–water partition coefficient (Wildman–Crippen LogP) is 1.83. The Labute approximate surface area is 71.5 Å². The fraction of sp³-hybridized carbons (Fsp3) is 0.167. The molecule has 3 nitrogen and oxygen atoms in total. The first kappa shape index (κ1) is 7.59. The van der Waals surface area contributed by atoms with E-state index >= 15 is 0 Å². The molecule has 0 amide bonds. The van der Waals surface area contributed by atoms with E-state index in [0.29, 0.717) is 4.61 Å². The number of carbonyl (C=O) groups is 1. The lowest BCUT2D eigenvalue weighted by molar-refractivity contribution is 0.0554. The highest BCUT2D eigenvalue weighted by molar-refractivity contribution is 14.1. The quantitative estimate of drug-likeness (QED) is 0.458. The zero-order valence-electron chi connectivity index (χ0n) is 5.04. The Morgan fingerprint density at radius 3 is 3.10 bits per heavy atom. The third kappa shape index (κ3) is 1.73. The van der Waals surface area contributed by atoms with Crippen LogP contribution in [0.25, 0.3) is 0 Å². The fourth-order valence-electron chi connectivity index (χ4n) is 0.515. The summed E-state index contributed by atoms with van der Waals surface area (Å²) in [5.41, 5.74) is 0. The lowest BCUT2D eigenvalue weighted by atomic mass is 10.5. The zero-order valence-corrected chi connectivity index (χ0v) is 7.20. The molecule has 1 aromatic heterocycles. The summed E-state index contributed by atoms with van der Waals surface area (Å²) in [5, 5.41) is 0. The summed E-state index contributed by atoms with van der Waals surface area (Å²) in [6.45, 7) is 0. The summed E-state index contributed by atoms with van der Waals surface area (Å²) in [6.07, 6.45) is 1.43. The van der Waals surface area contributed by atoms with Crippen molar-refractivity contribution in [3.63, 3.8) is 0 Å². The molecule has 54 valence electrons. The van der Waals surface area contributed by atoms with E-state index in [4.69, 9.17) is 4.42 Å². The van der Waals surface area contributed by atoms with Crippen LogP contribution in [-0.4, -0.2) is 10.6 Å². The normalized spacial score (nSPS) is 9.30. The van der Waals surface area contributed by atoms with Crippen LogP contribution in [0, 0.1) is 0 Å². The molecule has 1 heterocycles. The van der Waals surface area contributed by atoms with Gasteiger partial charge in [0.25, 0.3) is 0 Å². The van der Waals surface area contributed by atoms with Crippen LogP contribution >= 0.6 is 22.6 Å². The van der Waals surface area contributed by atoms with Gasteiger partial charge in [0.05, 0.1) is 6.26 Å². The van der Waals surface area contributed by atoms with Gasteiger partial charge in [-0.3, -0.25) is 0 Å². The molecule has 1 rings (SSSR count). The van der Waals surface area contributed by atoms with Crippen molar-refractivity contribution in [1.29, 1.82) is 0 Å². The summed E-state index contributed by atoms with van der Waals surface area (Å²) >= 11 is 1.94. The second kappa shape index (κ2) is 3.60. The van der Waals surface area contributed by atoms with Gasteiger partial charge in [0.15, 0.2) is 0 Å². The maximum absolute atomic E-state index is 10.8. The molecule has 10 heavy (non-hydrogen) atoms. The molecule has 0 saturated heterocycles. The van der Waals surface area contributed by atoms with Gasteiger partial charge >= 0.3 is 5.97 Å². The summed E-state index contributed by atoms with van der Waals surface area (Å²) < 4.78 is 9.75. The van der Waals surface area contributed by atoms with Crippen molar-refractivity contribution in [2.75, 3.05) is 4.61 Å². The van der Waals surface area contributed by atoms with E-state index in [2.05, 4.69) is 4.74 Å². The molecule has 4 heteroatoms. The highest BCUT2D eigenvalue weighted by atomic mass is 127. The van der Waals surface area contributed by atoms with Gasteiger partial charge in [-0.05, 0) is 34.7 Å². The molecule has 0 bridgehead atoms. The average Bonchev–Trinajstić information content (AvgIpc) is 2.38. The largest absolute Gasteiger partial charge is 0.457 e. The lowest BCUT2D eigenvalue weighted by Gasteiger charge is -1.93. The van der Waals surface area contributed by atoms with Gasteiger partial charge in [-0.2, -0.15) is 0 Å². The molecule has 1 aromatic rings. The van der Waals surface area contributed by atoms with Crippen LogP contribution in [0.1, 0.15) is 10.6 Å². The Hall–Kier alpha value is -0.520. The molecule has 0 unspecified atom stereocenters. The number of carbonyl (C=O) groups excluding carboxylic acids is 1. The maximum Gasteiger partial charge on any atom is 0.374 e. The number of ether oxygens (including phenoxy) is 1. The first-order chi connectivity index (χ1) is 4.84. The third-order valence-electron chi connectivity index (χ3n) is 0.908. The first-order valence-corrected chi connectivity index (χ1v) is 4.13. The smallest absolute Gasteiger partial charge is 0.374 e.